The minimum Gasteiger partial charge on any atom is -0.481 e. The molecule has 1 aromatic rings. The van der Waals surface area contributed by atoms with Crippen molar-refractivity contribution in [2.75, 3.05) is 6.54 Å². The number of amides is 1. The van der Waals surface area contributed by atoms with Gasteiger partial charge in [0.1, 0.15) is 0 Å². The zero-order valence-corrected chi connectivity index (χ0v) is 11.6. The van der Waals surface area contributed by atoms with Gasteiger partial charge in [0.05, 0.1) is 10.3 Å². The number of carboxylic acids is 1. The first kappa shape index (κ1) is 15.0. The van der Waals surface area contributed by atoms with E-state index in [2.05, 4.69) is 5.32 Å². The van der Waals surface area contributed by atoms with Gasteiger partial charge in [-0.25, -0.2) is 0 Å². The van der Waals surface area contributed by atoms with E-state index in [4.69, 9.17) is 5.11 Å². The van der Waals surface area contributed by atoms with E-state index in [0.29, 0.717) is 24.8 Å². The number of carbonyl (C=O) groups excluding carboxylic acids is 1. The Balaban J connectivity index is 2.11. The smallest absolute Gasteiger partial charge is 0.311 e. The molecule has 0 aliphatic heterocycles. The van der Waals surface area contributed by atoms with Gasteiger partial charge in [0.25, 0.3) is 11.6 Å². The number of aliphatic carboxylic acids is 1. The fraction of sp³-hybridized carbons (Fsp3) is 0.429. The van der Waals surface area contributed by atoms with Crippen LogP contribution in [-0.4, -0.2) is 28.5 Å². The molecule has 7 heteroatoms. The molecule has 0 radical (unpaired) electrons. The molecule has 2 rings (SSSR count). The summed E-state index contributed by atoms with van der Waals surface area (Å²) in [5, 5.41) is 22.5. The zero-order valence-electron chi connectivity index (χ0n) is 11.6. The molecule has 1 aliphatic rings. The van der Waals surface area contributed by atoms with Crippen LogP contribution in [0.15, 0.2) is 18.2 Å². The second-order valence-corrected chi connectivity index (χ2v) is 5.22. The van der Waals surface area contributed by atoms with Gasteiger partial charge in [-0.3, -0.25) is 19.7 Å². The number of nitrogens with one attached hydrogen (secondary N) is 1. The molecule has 0 atom stereocenters. The van der Waals surface area contributed by atoms with Gasteiger partial charge in [-0.2, -0.15) is 0 Å². The molecular weight excluding hydrogens is 276 g/mol. The number of nitro benzene ring substituents is 1. The van der Waals surface area contributed by atoms with Crippen LogP contribution in [0.4, 0.5) is 5.69 Å². The summed E-state index contributed by atoms with van der Waals surface area (Å²) in [6.07, 6.45) is 1.58. The number of carboxylic acid groups (broad SMARTS) is 1. The van der Waals surface area contributed by atoms with Gasteiger partial charge in [-0.15, -0.1) is 0 Å². The first-order valence-electron chi connectivity index (χ1n) is 6.68. The van der Waals surface area contributed by atoms with Crippen molar-refractivity contribution in [1.29, 1.82) is 0 Å². The standard InChI is InChI=1S/C14H16N2O5/c1-2-9-3-4-10(7-11(9)16(20)21)12(17)15-8-14(5-6-14)13(18)19/h3-4,7H,2,5-6,8H2,1H3,(H,15,17)(H,18,19). The molecule has 1 aromatic carbocycles. The second kappa shape index (κ2) is 5.51. The lowest BCUT2D eigenvalue weighted by atomic mass is 10.1. The van der Waals surface area contributed by atoms with Crippen molar-refractivity contribution in [3.05, 3.63) is 39.4 Å². The van der Waals surface area contributed by atoms with Crippen LogP contribution in [0.3, 0.4) is 0 Å². The van der Waals surface area contributed by atoms with Crippen molar-refractivity contribution >= 4 is 17.6 Å². The largest absolute Gasteiger partial charge is 0.481 e. The van der Waals surface area contributed by atoms with Crippen molar-refractivity contribution in [3.8, 4) is 0 Å². The lowest BCUT2D eigenvalue weighted by molar-refractivity contribution is -0.385. The highest BCUT2D eigenvalue weighted by atomic mass is 16.6. The summed E-state index contributed by atoms with van der Waals surface area (Å²) in [6.45, 7) is 1.84. The fourth-order valence-corrected chi connectivity index (χ4v) is 2.14. The number of carbonyl (C=O) groups is 2. The maximum atomic E-state index is 12.0. The molecule has 1 amide bonds. The van der Waals surface area contributed by atoms with Crippen LogP contribution < -0.4 is 5.32 Å². The Bertz CT molecular complexity index is 607. The zero-order chi connectivity index (χ0) is 15.6. The Morgan fingerprint density at radius 1 is 1.43 bits per heavy atom. The van der Waals surface area contributed by atoms with Crippen LogP contribution >= 0.6 is 0 Å². The van der Waals surface area contributed by atoms with Gasteiger partial charge in [0.2, 0.25) is 0 Å². The molecule has 0 spiro atoms. The highest BCUT2D eigenvalue weighted by Gasteiger charge is 2.50. The molecule has 2 N–H and O–H groups in total. The highest BCUT2D eigenvalue weighted by Crippen LogP contribution is 2.45. The molecule has 7 nitrogen and oxygen atoms in total. The number of nitro groups is 1. The SMILES string of the molecule is CCc1ccc(C(=O)NCC2(C(=O)O)CC2)cc1[N+](=O)[O-]. The molecule has 1 saturated carbocycles. The Hall–Kier alpha value is -2.44. The van der Waals surface area contributed by atoms with E-state index in [9.17, 15) is 19.7 Å². The van der Waals surface area contributed by atoms with Crippen LogP contribution in [-0.2, 0) is 11.2 Å². The highest BCUT2D eigenvalue weighted by molar-refractivity contribution is 5.95. The van der Waals surface area contributed by atoms with Gasteiger partial charge >= 0.3 is 5.97 Å². The third-order valence-electron chi connectivity index (χ3n) is 3.82. The van der Waals surface area contributed by atoms with E-state index in [1.165, 1.54) is 12.1 Å². The minimum absolute atomic E-state index is 0.0461. The molecule has 0 aromatic heterocycles. The van der Waals surface area contributed by atoms with E-state index in [1.54, 1.807) is 13.0 Å². The molecule has 0 bridgehead atoms. The van der Waals surface area contributed by atoms with E-state index in [1.807, 2.05) is 0 Å². The maximum Gasteiger partial charge on any atom is 0.311 e. The quantitative estimate of drug-likeness (QED) is 0.613. The van der Waals surface area contributed by atoms with E-state index < -0.39 is 22.2 Å². The minimum atomic E-state index is -0.921. The third kappa shape index (κ3) is 3.01. The van der Waals surface area contributed by atoms with Crippen molar-refractivity contribution in [2.24, 2.45) is 5.41 Å². The Labute approximate surface area is 121 Å². The predicted octanol–water partition coefficient (Wildman–Crippen LogP) is 1.75. The van der Waals surface area contributed by atoms with E-state index in [-0.39, 0.29) is 17.8 Å². The molecular formula is C14H16N2O5. The van der Waals surface area contributed by atoms with Crippen molar-refractivity contribution in [3.63, 3.8) is 0 Å². The third-order valence-corrected chi connectivity index (χ3v) is 3.82. The summed E-state index contributed by atoms with van der Waals surface area (Å²) in [5.41, 5.74) is -0.226. The van der Waals surface area contributed by atoms with Gasteiger partial charge in [0, 0.05) is 23.7 Å². The summed E-state index contributed by atoms with van der Waals surface area (Å²) < 4.78 is 0. The first-order chi connectivity index (χ1) is 9.89. The molecule has 1 aliphatic carbocycles. The van der Waals surface area contributed by atoms with E-state index >= 15 is 0 Å². The molecule has 0 unspecified atom stereocenters. The van der Waals surface area contributed by atoms with Gasteiger partial charge in [0.15, 0.2) is 0 Å². The molecule has 21 heavy (non-hydrogen) atoms. The molecule has 112 valence electrons. The summed E-state index contributed by atoms with van der Waals surface area (Å²) in [7, 11) is 0. The number of rotatable bonds is 6. The van der Waals surface area contributed by atoms with Gasteiger partial charge in [-0.1, -0.05) is 13.0 Å². The lowest BCUT2D eigenvalue weighted by Gasteiger charge is -2.11. The van der Waals surface area contributed by atoms with Crippen LogP contribution in [0, 0.1) is 15.5 Å². The van der Waals surface area contributed by atoms with Crippen molar-refractivity contribution in [2.45, 2.75) is 26.2 Å². The summed E-state index contributed by atoms with van der Waals surface area (Å²) in [5.74, 6) is -1.41. The van der Waals surface area contributed by atoms with Gasteiger partial charge in [-0.05, 0) is 25.3 Å². The monoisotopic (exact) mass is 292 g/mol. The average Bonchev–Trinajstić information content (AvgIpc) is 3.25. The number of benzene rings is 1. The van der Waals surface area contributed by atoms with Crippen LogP contribution in [0.1, 0.15) is 35.7 Å². The normalized spacial score (nSPS) is 15.3. The molecule has 0 heterocycles. The number of aryl methyl sites for hydroxylation is 1. The van der Waals surface area contributed by atoms with Crippen LogP contribution in [0.25, 0.3) is 0 Å². The number of hydrogen-bond donors (Lipinski definition) is 2. The second-order valence-electron chi connectivity index (χ2n) is 5.22. The predicted molar refractivity (Wildman–Crippen MR) is 74.1 cm³/mol. The summed E-state index contributed by atoms with van der Waals surface area (Å²) >= 11 is 0. The fourth-order valence-electron chi connectivity index (χ4n) is 2.14. The number of hydrogen-bond acceptors (Lipinski definition) is 4. The molecule has 0 saturated heterocycles. The van der Waals surface area contributed by atoms with E-state index in [0.717, 1.165) is 0 Å². The average molecular weight is 292 g/mol. The van der Waals surface area contributed by atoms with Crippen molar-refractivity contribution in [1.82, 2.24) is 5.32 Å². The Morgan fingerprint density at radius 2 is 2.10 bits per heavy atom. The molecule has 1 fully saturated rings. The van der Waals surface area contributed by atoms with Gasteiger partial charge < -0.3 is 10.4 Å². The Kier molecular flexibility index (Phi) is 3.93. The van der Waals surface area contributed by atoms with Crippen molar-refractivity contribution < 1.29 is 19.6 Å². The van der Waals surface area contributed by atoms with Crippen LogP contribution in [0.5, 0.6) is 0 Å². The number of nitrogens with zero attached hydrogens (tertiary/aromatic N) is 1. The maximum absolute atomic E-state index is 12.0. The Morgan fingerprint density at radius 3 is 2.57 bits per heavy atom. The lowest BCUT2D eigenvalue weighted by Crippen LogP contribution is -2.34. The topological polar surface area (TPSA) is 110 Å². The summed E-state index contributed by atoms with van der Waals surface area (Å²) in [6, 6.07) is 4.30. The first-order valence-corrected chi connectivity index (χ1v) is 6.68. The summed E-state index contributed by atoms with van der Waals surface area (Å²) in [4.78, 5) is 33.5. The van der Waals surface area contributed by atoms with Crippen LogP contribution in [0.2, 0.25) is 0 Å².